The van der Waals surface area contributed by atoms with Gasteiger partial charge in [0.25, 0.3) is 0 Å². The molecule has 0 aliphatic rings. The minimum absolute atomic E-state index is 0.317. The maximum atomic E-state index is 12.8. The average Bonchev–Trinajstić information content (AvgIpc) is 2.93. The van der Waals surface area contributed by atoms with E-state index in [4.69, 9.17) is 11.6 Å². The van der Waals surface area contributed by atoms with E-state index in [1.54, 1.807) is 0 Å². The number of hydrogen-bond acceptors (Lipinski definition) is 1. The zero-order valence-electron chi connectivity index (χ0n) is 11.3. The third kappa shape index (κ3) is 2.98. The average molecular weight is 301 g/mol. The van der Waals surface area contributed by atoms with E-state index in [1.807, 2.05) is 54.6 Å². The summed E-state index contributed by atoms with van der Waals surface area (Å²) in [6, 6.07) is 17.2. The molecular weight excluding hydrogens is 287 g/mol. The van der Waals surface area contributed by atoms with Crippen molar-refractivity contribution in [3.05, 3.63) is 65.3 Å². The van der Waals surface area contributed by atoms with E-state index in [-0.39, 0.29) is 0 Å². The topological polar surface area (TPSA) is 28.7 Å². The van der Waals surface area contributed by atoms with Crippen molar-refractivity contribution in [2.75, 3.05) is 6.67 Å². The van der Waals surface area contributed by atoms with Gasteiger partial charge in [-0.15, -0.1) is 0 Å². The van der Waals surface area contributed by atoms with Gasteiger partial charge in [0.1, 0.15) is 5.82 Å². The van der Waals surface area contributed by atoms with Crippen molar-refractivity contribution < 1.29 is 4.39 Å². The molecule has 0 radical (unpaired) electrons. The summed E-state index contributed by atoms with van der Waals surface area (Å²) in [5, 5.41) is 0.650. The van der Waals surface area contributed by atoms with Crippen molar-refractivity contribution in [3.63, 3.8) is 0 Å². The predicted octanol–water partition coefficient (Wildman–Crippen LogP) is 4.91. The van der Waals surface area contributed by atoms with E-state index in [0.717, 1.165) is 22.5 Å². The van der Waals surface area contributed by atoms with Crippen LogP contribution in [0.3, 0.4) is 0 Å². The Bertz CT molecular complexity index is 738. The molecule has 21 heavy (non-hydrogen) atoms. The molecule has 0 atom stereocenters. The lowest BCUT2D eigenvalue weighted by Gasteiger charge is -1.99. The van der Waals surface area contributed by atoms with Crippen LogP contribution in [0.4, 0.5) is 4.39 Å². The number of rotatable bonds is 4. The number of aromatic nitrogens is 2. The van der Waals surface area contributed by atoms with Crippen LogP contribution >= 0.6 is 11.6 Å². The Hall–Kier alpha value is -2.13. The van der Waals surface area contributed by atoms with Gasteiger partial charge in [-0.2, -0.15) is 0 Å². The Labute approximate surface area is 127 Å². The molecule has 0 saturated carbocycles. The van der Waals surface area contributed by atoms with Gasteiger partial charge >= 0.3 is 0 Å². The first-order chi connectivity index (χ1) is 10.3. The lowest BCUT2D eigenvalue weighted by molar-refractivity contribution is 0.493. The summed E-state index contributed by atoms with van der Waals surface area (Å²) in [6.07, 6.45) is 0.317. The smallest absolute Gasteiger partial charge is 0.138 e. The summed E-state index contributed by atoms with van der Waals surface area (Å²) >= 11 is 6.02. The number of nitrogens with one attached hydrogen (secondary N) is 1. The number of aryl methyl sites for hydroxylation is 1. The predicted molar refractivity (Wildman–Crippen MR) is 84.1 cm³/mol. The van der Waals surface area contributed by atoms with Gasteiger partial charge in [0.05, 0.1) is 12.4 Å². The van der Waals surface area contributed by atoms with Crippen LogP contribution in [0.15, 0.2) is 54.6 Å². The standard InChI is InChI=1S/C17H14ClFN2/c18-14-8-4-7-13(11-14)17-20-15(9-10-19)16(21-17)12-5-2-1-3-6-12/h1-8,11H,9-10H2,(H,20,21). The molecule has 0 bridgehead atoms. The molecule has 1 heterocycles. The molecule has 2 aromatic carbocycles. The van der Waals surface area contributed by atoms with Crippen LogP contribution in [-0.4, -0.2) is 16.6 Å². The summed E-state index contributed by atoms with van der Waals surface area (Å²) in [5.41, 5.74) is 3.47. The molecule has 0 saturated heterocycles. The van der Waals surface area contributed by atoms with Gasteiger partial charge in [-0.05, 0) is 12.1 Å². The monoisotopic (exact) mass is 300 g/mol. The van der Waals surface area contributed by atoms with Gasteiger partial charge in [-0.25, -0.2) is 4.98 Å². The molecule has 1 N–H and O–H groups in total. The number of hydrogen-bond donors (Lipinski definition) is 1. The largest absolute Gasteiger partial charge is 0.341 e. The van der Waals surface area contributed by atoms with E-state index in [1.165, 1.54) is 0 Å². The summed E-state index contributed by atoms with van der Waals surface area (Å²) in [6.45, 7) is -0.420. The van der Waals surface area contributed by atoms with Crippen LogP contribution in [0, 0.1) is 0 Å². The lowest BCUT2D eigenvalue weighted by Crippen LogP contribution is -1.90. The number of halogens is 2. The number of imidazole rings is 1. The molecular formula is C17H14ClFN2. The highest BCUT2D eigenvalue weighted by Crippen LogP contribution is 2.27. The van der Waals surface area contributed by atoms with E-state index >= 15 is 0 Å². The number of nitrogens with zero attached hydrogens (tertiary/aromatic N) is 1. The van der Waals surface area contributed by atoms with Gasteiger partial charge in [0.15, 0.2) is 0 Å². The van der Waals surface area contributed by atoms with Crippen LogP contribution in [0.2, 0.25) is 5.02 Å². The Kier molecular flexibility index (Phi) is 4.02. The van der Waals surface area contributed by atoms with Crippen molar-refractivity contribution in [1.82, 2.24) is 9.97 Å². The number of alkyl halides is 1. The maximum Gasteiger partial charge on any atom is 0.138 e. The van der Waals surface area contributed by atoms with Crippen molar-refractivity contribution in [2.45, 2.75) is 6.42 Å². The number of aromatic amines is 1. The zero-order chi connectivity index (χ0) is 14.7. The molecule has 3 rings (SSSR count). The molecule has 0 aliphatic heterocycles. The highest BCUT2D eigenvalue weighted by Gasteiger charge is 2.13. The summed E-state index contributed by atoms with van der Waals surface area (Å²) in [5.74, 6) is 0.708. The van der Waals surface area contributed by atoms with Gasteiger partial charge in [-0.3, -0.25) is 4.39 Å². The molecule has 0 amide bonds. The number of benzene rings is 2. The molecule has 106 valence electrons. The Morgan fingerprint density at radius 3 is 2.48 bits per heavy atom. The van der Waals surface area contributed by atoms with E-state index in [9.17, 15) is 4.39 Å². The minimum atomic E-state index is -0.420. The molecule has 0 unspecified atom stereocenters. The normalized spacial score (nSPS) is 10.8. The van der Waals surface area contributed by atoms with Crippen LogP contribution in [0.25, 0.3) is 22.6 Å². The second-order valence-electron chi connectivity index (χ2n) is 4.73. The maximum absolute atomic E-state index is 12.8. The molecule has 4 heteroatoms. The van der Waals surface area contributed by atoms with E-state index < -0.39 is 6.67 Å². The van der Waals surface area contributed by atoms with E-state index in [2.05, 4.69) is 9.97 Å². The zero-order valence-corrected chi connectivity index (χ0v) is 12.1. The second kappa shape index (κ2) is 6.10. The lowest BCUT2D eigenvalue weighted by atomic mass is 10.1. The van der Waals surface area contributed by atoms with Crippen molar-refractivity contribution in [1.29, 1.82) is 0 Å². The van der Waals surface area contributed by atoms with Crippen molar-refractivity contribution in [3.8, 4) is 22.6 Å². The molecule has 1 aromatic heterocycles. The van der Waals surface area contributed by atoms with Gasteiger partial charge in [0, 0.05) is 28.3 Å². The molecule has 0 fully saturated rings. The van der Waals surface area contributed by atoms with Crippen LogP contribution in [-0.2, 0) is 6.42 Å². The molecule has 0 aliphatic carbocycles. The second-order valence-corrected chi connectivity index (χ2v) is 5.16. The fourth-order valence-corrected chi connectivity index (χ4v) is 2.48. The summed E-state index contributed by atoms with van der Waals surface area (Å²) in [4.78, 5) is 7.84. The molecule has 3 aromatic rings. The first kappa shape index (κ1) is 13.8. The van der Waals surface area contributed by atoms with Crippen LogP contribution in [0.1, 0.15) is 5.69 Å². The van der Waals surface area contributed by atoms with E-state index in [0.29, 0.717) is 17.3 Å². The van der Waals surface area contributed by atoms with Crippen LogP contribution in [0.5, 0.6) is 0 Å². The fraction of sp³-hybridized carbons (Fsp3) is 0.118. The number of H-pyrrole nitrogens is 1. The van der Waals surface area contributed by atoms with Crippen molar-refractivity contribution >= 4 is 11.6 Å². The first-order valence-electron chi connectivity index (χ1n) is 6.74. The Morgan fingerprint density at radius 2 is 1.76 bits per heavy atom. The molecule has 0 spiro atoms. The highest BCUT2D eigenvalue weighted by molar-refractivity contribution is 6.30. The van der Waals surface area contributed by atoms with Crippen LogP contribution < -0.4 is 0 Å². The minimum Gasteiger partial charge on any atom is -0.341 e. The Morgan fingerprint density at radius 1 is 1.00 bits per heavy atom. The summed E-state index contributed by atoms with van der Waals surface area (Å²) < 4.78 is 12.8. The van der Waals surface area contributed by atoms with Gasteiger partial charge in [0.2, 0.25) is 0 Å². The summed E-state index contributed by atoms with van der Waals surface area (Å²) in [7, 11) is 0. The molecule has 2 nitrogen and oxygen atoms in total. The fourth-order valence-electron chi connectivity index (χ4n) is 2.29. The highest BCUT2D eigenvalue weighted by atomic mass is 35.5. The quantitative estimate of drug-likeness (QED) is 0.728. The third-order valence-corrected chi connectivity index (χ3v) is 3.50. The third-order valence-electron chi connectivity index (χ3n) is 3.27. The first-order valence-corrected chi connectivity index (χ1v) is 7.12. The SMILES string of the molecule is FCCc1[nH]c(-c2cccc(Cl)c2)nc1-c1ccccc1. The van der Waals surface area contributed by atoms with Gasteiger partial charge < -0.3 is 4.98 Å². The van der Waals surface area contributed by atoms with Gasteiger partial charge in [-0.1, -0.05) is 54.1 Å². The Balaban J connectivity index is 2.08. The van der Waals surface area contributed by atoms with Crippen molar-refractivity contribution in [2.24, 2.45) is 0 Å².